The second-order valence-corrected chi connectivity index (χ2v) is 8.00. The molecule has 6 heteroatoms. The summed E-state index contributed by atoms with van der Waals surface area (Å²) in [5.41, 5.74) is 0.521. The number of aryl methyl sites for hydroxylation is 1. The van der Waals surface area contributed by atoms with Crippen LogP contribution in [-0.4, -0.2) is 27.5 Å². The highest BCUT2D eigenvalue weighted by Crippen LogP contribution is 2.32. The van der Waals surface area contributed by atoms with Crippen LogP contribution in [0.2, 0.25) is 0 Å². The standard InChI is InChI=1S/C19H24N2O3S/c22-16(21-19(13-18(23)24)11-5-6-12-19)9-3-4-10-17-20-14-7-1-2-8-15(14)25-17/h1-2,7-8H,3-6,9-13H2,(H,21,22)(H,23,24). The molecule has 1 amide bonds. The van der Waals surface area contributed by atoms with Gasteiger partial charge in [0.1, 0.15) is 0 Å². The lowest BCUT2D eigenvalue weighted by Gasteiger charge is -2.28. The second-order valence-electron chi connectivity index (χ2n) is 6.89. The summed E-state index contributed by atoms with van der Waals surface area (Å²) in [5.74, 6) is -0.856. The van der Waals surface area contributed by atoms with Crippen LogP contribution in [0.5, 0.6) is 0 Å². The number of nitrogens with one attached hydrogen (secondary N) is 1. The molecule has 3 rings (SSSR count). The van der Waals surface area contributed by atoms with Crippen molar-refractivity contribution in [2.45, 2.75) is 63.3 Å². The largest absolute Gasteiger partial charge is 0.481 e. The van der Waals surface area contributed by atoms with E-state index in [0.29, 0.717) is 6.42 Å². The van der Waals surface area contributed by atoms with Crippen molar-refractivity contribution < 1.29 is 14.7 Å². The summed E-state index contributed by atoms with van der Waals surface area (Å²) in [6.07, 6.45) is 6.61. The molecule has 0 atom stereocenters. The second kappa shape index (κ2) is 7.95. The van der Waals surface area contributed by atoms with E-state index in [1.807, 2.05) is 18.2 Å². The zero-order chi connectivity index (χ0) is 17.7. The first-order valence-corrected chi connectivity index (χ1v) is 9.75. The summed E-state index contributed by atoms with van der Waals surface area (Å²) in [6, 6.07) is 8.11. The Balaban J connectivity index is 1.43. The predicted octanol–water partition coefficient (Wildman–Crippen LogP) is 3.91. The van der Waals surface area contributed by atoms with E-state index >= 15 is 0 Å². The SMILES string of the molecule is O=C(O)CC1(NC(=O)CCCCc2nc3ccccc3s2)CCCC1. The van der Waals surface area contributed by atoms with Crippen LogP contribution in [0.3, 0.4) is 0 Å². The molecule has 0 unspecified atom stereocenters. The molecule has 0 radical (unpaired) electrons. The molecule has 5 nitrogen and oxygen atoms in total. The molecule has 1 fully saturated rings. The van der Waals surface area contributed by atoms with E-state index in [1.165, 1.54) is 4.70 Å². The molecule has 1 saturated carbocycles. The molecular weight excluding hydrogens is 336 g/mol. The number of benzene rings is 1. The number of aliphatic carboxylic acids is 1. The molecular formula is C19H24N2O3S. The van der Waals surface area contributed by atoms with Gasteiger partial charge in [-0.25, -0.2) is 4.98 Å². The molecule has 134 valence electrons. The van der Waals surface area contributed by atoms with Crippen molar-refractivity contribution in [3.63, 3.8) is 0 Å². The van der Waals surface area contributed by atoms with E-state index in [-0.39, 0.29) is 12.3 Å². The number of carboxylic acids is 1. The maximum Gasteiger partial charge on any atom is 0.305 e. The first kappa shape index (κ1) is 17.9. The number of rotatable bonds is 8. The Morgan fingerprint density at radius 1 is 1.20 bits per heavy atom. The van der Waals surface area contributed by atoms with E-state index in [1.54, 1.807) is 11.3 Å². The van der Waals surface area contributed by atoms with Crippen LogP contribution in [0.1, 0.15) is 56.4 Å². The number of aromatic nitrogens is 1. The zero-order valence-electron chi connectivity index (χ0n) is 14.3. The van der Waals surface area contributed by atoms with Gasteiger partial charge in [0.15, 0.2) is 0 Å². The van der Waals surface area contributed by atoms with Gasteiger partial charge in [-0.1, -0.05) is 25.0 Å². The minimum absolute atomic E-state index is 0.0209. The highest BCUT2D eigenvalue weighted by atomic mass is 32.1. The summed E-state index contributed by atoms with van der Waals surface area (Å²) >= 11 is 1.71. The van der Waals surface area contributed by atoms with E-state index in [9.17, 15) is 9.59 Å². The maximum absolute atomic E-state index is 12.2. The third-order valence-corrected chi connectivity index (χ3v) is 5.93. The lowest BCUT2D eigenvalue weighted by atomic mass is 9.93. The van der Waals surface area contributed by atoms with Crippen LogP contribution in [0.25, 0.3) is 10.2 Å². The van der Waals surface area contributed by atoms with E-state index < -0.39 is 11.5 Å². The molecule has 25 heavy (non-hydrogen) atoms. The number of carbonyl (C=O) groups is 2. The Labute approximate surface area is 151 Å². The minimum atomic E-state index is -0.835. The molecule has 1 heterocycles. The van der Waals surface area contributed by atoms with Gasteiger partial charge < -0.3 is 10.4 Å². The van der Waals surface area contributed by atoms with Gasteiger partial charge in [0.2, 0.25) is 5.91 Å². The molecule has 1 aliphatic carbocycles. The summed E-state index contributed by atoms with van der Waals surface area (Å²) < 4.78 is 1.20. The van der Waals surface area contributed by atoms with Crippen LogP contribution >= 0.6 is 11.3 Å². The van der Waals surface area contributed by atoms with Gasteiger partial charge in [0.05, 0.1) is 27.2 Å². The topological polar surface area (TPSA) is 79.3 Å². The number of carbonyl (C=O) groups excluding carboxylic acids is 1. The molecule has 1 aliphatic rings. The first-order valence-electron chi connectivity index (χ1n) is 8.94. The smallest absolute Gasteiger partial charge is 0.305 e. The Hall–Kier alpha value is -1.95. The van der Waals surface area contributed by atoms with Crippen molar-refractivity contribution in [1.82, 2.24) is 10.3 Å². The number of hydrogen-bond acceptors (Lipinski definition) is 4. The van der Waals surface area contributed by atoms with Gasteiger partial charge in [0, 0.05) is 6.42 Å². The van der Waals surface area contributed by atoms with Gasteiger partial charge in [-0.3, -0.25) is 9.59 Å². The van der Waals surface area contributed by atoms with Gasteiger partial charge in [0.25, 0.3) is 0 Å². The van der Waals surface area contributed by atoms with Crippen LogP contribution in [0.15, 0.2) is 24.3 Å². The Kier molecular flexibility index (Phi) is 5.68. The fraction of sp³-hybridized carbons (Fsp3) is 0.526. The molecule has 1 aromatic carbocycles. The van der Waals surface area contributed by atoms with Crippen LogP contribution in [0, 0.1) is 0 Å². The average Bonchev–Trinajstić information content (AvgIpc) is 3.17. The van der Waals surface area contributed by atoms with Gasteiger partial charge in [-0.15, -0.1) is 11.3 Å². The van der Waals surface area contributed by atoms with Gasteiger partial charge >= 0.3 is 5.97 Å². The number of fused-ring (bicyclic) bond motifs is 1. The maximum atomic E-state index is 12.2. The Morgan fingerprint density at radius 2 is 1.96 bits per heavy atom. The van der Waals surface area contributed by atoms with Crippen molar-refractivity contribution in [2.75, 3.05) is 0 Å². The summed E-state index contributed by atoms with van der Waals surface area (Å²) in [5, 5.41) is 13.2. The fourth-order valence-electron chi connectivity index (χ4n) is 3.63. The number of nitrogens with zero attached hydrogens (tertiary/aromatic N) is 1. The highest BCUT2D eigenvalue weighted by molar-refractivity contribution is 7.18. The Morgan fingerprint density at radius 3 is 2.68 bits per heavy atom. The molecule has 0 bridgehead atoms. The zero-order valence-corrected chi connectivity index (χ0v) is 15.1. The highest BCUT2D eigenvalue weighted by Gasteiger charge is 2.37. The van der Waals surface area contributed by atoms with Crippen LogP contribution in [-0.2, 0) is 16.0 Å². The number of unbranched alkanes of at least 4 members (excludes halogenated alkanes) is 1. The first-order chi connectivity index (χ1) is 12.1. The number of thiazole rings is 1. The van der Waals surface area contributed by atoms with Gasteiger partial charge in [-0.2, -0.15) is 0 Å². The normalized spacial score (nSPS) is 16.2. The lowest BCUT2D eigenvalue weighted by molar-refractivity contribution is -0.139. The quantitative estimate of drug-likeness (QED) is 0.700. The molecule has 2 N–H and O–H groups in total. The summed E-state index contributed by atoms with van der Waals surface area (Å²) in [7, 11) is 0. The number of para-hydroxylation sites is 1. The van der Waals surface area contributed by atoms with E-state index in [4.69, 9.17) is 5.11 Å². The molecule has 0 saturated heterocycles. The third kappa shape index (κ3) is 4.78. The predicted molar refractivity (Wildman–Crippen MR) is 98.8 cm³/mol. The van der Waals surface area contributed by atoms with E-state index in [0.717, 1.165) is 55.5 Å². The van der Waals surface area contributed by atoms with Crippen molar-refractivity contribution in [2.24, 2.45) is 0 Å². The average molecular weight is 360 g/mol. The van der Waals surface area contributed by atoms with Crippen molar-refractivity contribution in [1.29, 1.82) is 0 Å². The number of amides is 1. The lowest BCUT2D eigenvalue weighted by Crippen LogP contribution is -2.47. The van der Waals surface area contributed by atoms with Crippen molar-refractivity contribution in [3.05, 3.63) is 29.3 Å². The fourth-order valence-corrected chi connectivity index (χ4v) is 4.64. The van der Waals surface area contributed by atoms with Crippen molar-refractivity contribution in [3.8, 4) is 0 Å². The Bertz CT molecular complexity index is 717. The monoisotopic (exact) mass is 360 g/mol. The number of hydrogen-bond donors (Lipinski definition) is 2. The van der Waals surface area contributed by atoms with Crippen molar-refractivity contribution >= 4 is 33.4 Å². The van der Waals surface area contributed by atoms with E-state index in [2.05, 4.69) is 16.4 Å². The minimum Gasteiger partial charge on any atom is -0.481 e. The summed E-state index contributed by atoms with van der Waals surface area (Å²) in [6.45, 7) is 0. The molecule has 2 aromatic rings. The van der Waals surface area contributed by atoms with Gasteiger partial charge in [-0.05, 0) is 44.2 Å². The summed E-state index contributed by atoms with van der Waals surface area (Å²) in [4.78, 5) is 27.9. The molecule has 0 spiro atoms. The van der Waals surface area contributed by atoms with Crippen LogP contribution < -0.4 is 5.32 Å². The van der Waals surface area contributed by atoms with Crippen LogP contribution in [0.4, 0.5) is 0 Å². The third-order valence-electron chi connectivity index (χ3n) is 4.84. The molecule has 0 aliphatic heterocycles. The number of carboxylic acid groups (broad SMARTS) is 1. The molecule has 1 aromatic heterocycles.